The van der Waals surface area contributed by atoms with Crippen molar-refractivity contribution in [1.29, 1.82) is 0 Å². The molecule has 0 aliphatic heterocycles. The molecule has 1 N–H and O–H groups in total. The molecule has 0 radical (unpaired) electrons. The van der Waals surface area contributed by atoms with E-state index >= 15 is 0 Å². The number of carbonyl (C=O) groups excluding carboxylic acids is 1. The lowest BCUT2D eigenvalue weighted by Gasteiger charge is -2.34. The van der Waals surface area contributed by atoms with Crippen molar-refractivity contribution in [1.82, 2.24) is 4.98 Å². The van der Waals surface area contributed by atoms with Crippen LogP contribution in [0.15, 0.2) is 24.3 Å². The molecule has 2 aromatic rings. The van der Waals surface area contributed by atoms with Crippen LogP contribution in [-0.4, -0.2) is 15.9 Å². The highest BCUT2D eigenvalue weighted by Crippen LogP contribution is 2.41. The number of phenols is 1. The van der Waals surface area contributed by atoms with Gasteiger partial charge in [0.1, 0.15) is 0 Å². The van der Waals surface area contributed by atoms with Crippen molar-refractivity contribution in [2.75, 3.05) is 0 Å². The minimum Gasteiger partial charge on any atom is -0.503 e. The van der Waals surface area contributed by atoms with E-state index in [1.165, 1.54) is 0 Å². The highest BCUT2D eigenvalue weighted by molar-refractivity contribution is 6.02. The van der Waals surface area contributed by atoms with Crippen molar-refractivity contribution in [3.05, 3.63) is 47.2 Å². The number of aromatic nitrogens is 1. The third-order valence-electron chi connectivity index (χ3n) is 5.21. The zero-order chi connectivity index (χ0) is 17.5. The van der Waals surface area contributed by atoms with E-state index in [9.17, 15) is 18.7 Å². The van der Waals surface area contributed by atoms with Gasteiger partial charge in [-0.05, 0) is 49.9 Å². The normalized spacial score (nSPS) is 16.1. The van der Waals surface area contributed by atoms with Gasteiger partial charge in [0.15, 0.2) is 23.2 Å². The summed E-state index contributed by atoms with van der Waals surface area (Å²) in [6.45, 7) is 4.05. The smallest absolute Gasteiger partial charge is 0.187 e. The molecule has 0 atom stereocenters. The Kier molecular flexibility index (Phi) is 4.11. The first kappa shape index (κ1) is 16.6. The molecule has 1 aromatic carbocycles. The zero-order valence-electron chi connectivity index (χ0n) is 13.7. The van der Waals surface area contributed by atoms with Gasteiger partial charge in [0.25, 0.3) is 0 Å². The molecule has 0 saturated heterocycles. The summed E-state index contributed by atoms with van der Waals surface area (Å²) in [6, 6.07) is 5.38. The highest BCUT2D eigenvalue weighted by Gasteiger charge is 2.40. The standard InChI is InChI=1S/C19H19F2NO2/c1-3-19(4-2)8-7-16-12(18(19)24)5-6-15(22-16)11-9-13(20)17(23)14(21)10-11/h5-6,9-10,23H,3-4,7-8H2,1-2H3. The molecule has 0 spiro atoms. The zero-order valence-corrected chi connectivity index (χ0v) is 13.7. The van der Waals surface area contributed by atoms with E-state index in [1.54, 1.807) is 12.1 Å². The van der Waals surface area contributed by atoms with Gasteiger partial charge in [-0.25, -0.2) is 8.78 Å². The number of nitrogens with zero attached hydrogens (tertiary/aromatic N) is 1. The Morgan fingerprint density at radius 1 is 1.17 bits per heavy atom. The number of aromatic hydroxyl groups is 1. The Balaban J connectivity index is 2.04. The average Bonchev–Trinajstić information content (AvgIpc) is 2.60. The quantitative estimate of drug-likeness (QED) is 0.889. The fourth-order valence-corrected chi connectivity index (χ4v) is 3.45. The van der Waals surface area contributed by atoms with Gasteiger partial charge in [-0.2, -0.15) is 0 Å². The molecule has 3 rings (SSSR count). The van der Waals surface area contributed by atoms with Crippen LogP contribution in [0.25, 0.3) is 11.3 Å². The van der Waals surface area contributed by atoms with Gasteiger partial charge in [0.2, 0.25) is 0 Å². The number of ketones is 1. The van der Waals surface area contributed by atoms with E-state index in [2.05, 4.69) is 4.98 Å². The minimum atomic E-state index is -1.03. The number of rotatable bonds is 3. The lowest BCUT2D eigenvalue weighted by molar-refractivity contribution is 0.0736. The third kappa shape index (κ3) is 2.48. The summed E-state index contributed by atoms with van der Waals surface area (Å²) in [5, 5.41) is 9.20. The summed E-state index contributed by atoms with van der Waals surface area (Å²) < 4.78 is 27.1. The fraction of sp³-hybridized carbons (Fsp3) is 0.368. The summed E-state index contributed by atoms with van der Waals surface area (Å²) in [4.78, 5) is 17.3. The molecule has 0 amide bonds. The number of fused-ring (bicyclic) bond motifs is 1. The molecule has 1 heterocycles. The molecule has 0 unspecified atom stereocenters. The summed E-state index contributed by atoms with van der Waals surface area (Å²) in [5.74, 6) is -2.95. The van der Waals surface area contributed by atoms with Crippen LogP contribution < -0.4 is 0 Å². The second kappa shape index (κ2) is 5.96. The van der Waals surface area contributed by atoms with E-state index in [0.29, 0.717) is 23.4 Å². The van der Waals surface area contributed by atoms with E-state index in [4.69, 9.17) is 0 Å². The molecule has 1 aliphatic carbocycles. The molecule has 1 aromatic heterocycles. The maximum Gasteiger partial charge on any atom is 0.187 e. The van der Waals surface area contributed by atoms with Crippen molar-refractivity contribution in [3.8, 4) is 17.0 Å². The monoisotopic (exact) mass is 331 g/mol. The Hall–Kier alpha value is -2.30. The summed E-state index contributed by atoms with van der Waals surface area (Å²) in [6.07, 6.45) is 2.98. The van der Waals surface area contributed by atoms with Gasteiger partial charge in [-0.1, -0.05) is 13.8 Å². The number of halogens is 2. The van der Waals surface area contributed by atoms with E-state index in [-0.39, 0.29) is 16.8 Å². The summed E-state index contributed by atoms with van der Waals surface area (Å²) in [5.41, 5.74) is 1.57. The van der Waals surface area contributed by atoms with Gasteiger partial charge >= 0.3 is 0 Å². The topological polar surface area (TPSA) is 50.2 Å². The second-order valence-electron chi connectivity index (χ2n) is 6.30. The van der Waals surface area contributed by atoms with E-state index in [0.717, 1.165) is 31.4 Å². The predicted molar refractivity (Wildman–Crippen MR) is 86.9 cm³/mol. The van der Waals surface area contributed by atoms with Crippen molar-refractivity contribution in [3.63, 3.8) is 0 Å². The third-order valence-corrected chi connectivity index (χ3v) is 5.21. The molecule has 0 saturated carbocycles. The maximum atomic E-state index is 13.5. The molecular weight excluding hydrogens is 312 g/mol. The highest BCUT2D eigenvalue weighted by atomic mass is 19.1. The summed E-state index contributed by atoms with van der Waals surface area (Å²) in [7, 11) is 0. The SMILES string of the molecule is CCC1(CC)CCc2nc(-c3cc(F)c(O)c(F)c3)ccc2C1=O. The average molecular weight is 331 g/mol. The molecule has 0 fully saturated rings. The van der Waals surface area contributed by atoms with E-state index in [1.807, 2.05) is 13.8 Å². The summed E-state index contributed by atoms with van der Waals surface area (Å²) >= 11 is 0. The van der Waals surface area contributed by atoms with Gasteiger partial charge in [0.05, 0.1) is 11.4 Å². The van der Waals surface area contributed by atoms with Gasteiger partial charge in [0, 0.05) is 16.5 Å². The Labute approximate surface area is 139 Å². The van der Waals surface area contributed by atoms with Crippen LogP contribution in [0.2, 0.25) is 0 Å². The molecule has 126 valence electrons. The van der Waals surface area contributed by atoms with Crippen LogP contribution in [0.4, 0.5) is 8.78 Å². The van der Waals surface area contributed by atoms with Crippen molar-refractivity contribution < 1.29 is 18.7 Å². The van der Waals surface area contributed by atoms with Crippen molar-refractivity contribution in [2.45, 2.75) is 39.5 Å². The Bertz CT molecular complexity index is 790. The van der Waals surface area contributed by atoms with Gasteiger partial charge < -0.3 is 5.11 Å². The molecule has 5 heteroatoms. The Morgan fingerprint density at radius 3 is 2.38 bits per heavy atom. The number of phenolic OH excluding ortho intramolecular Hbond substituents is 1. The molecule has 24 heavy (non-hydrogen) atoms. The predicted octanol–water partition coefficient (Wildman–Crippen LogP) is 4.67. The van der Waals surface area contributed by atoms with Gasteiger partial charge in [-0.3, -0.25) is 9.78 Å². The Morgan fingerprint density at radius 2 is 1.79 bits per heavy atom. The van der Waals surface area contributed by atoms with Crippen LogP contribution in [0, 0.1) is 17.0 Å². The first-order valence-electron chi connectivity index (χ1n) is 8.15. The second-order valence-corrected chi connectivity index (χ2v) is 6.30. The number of hydrogen-bond acceptors (Lipinski definition) is 3. The first-order valence-corrected chi connectivity index (χ1v) is 8.15. The number of Topliss-reactive ketones (excluding diaryl/α,β-unsaturated/α-hetero) is 1. The van der Waals surface area contributed by atoms with E-state index < -0.39 is 17.4 Å². The van der Waals surface area contributed by atoms with Crippen molar-refractivity contribution in [2.24, 2.45) is 5.41 Å². The fourth-order valence-electron chi connectivity index (χ4n) is 3.45. The number of hydrogen-bond donors (Lipinski definition) is 1. The lowest BCUT2D eigenvalue weighted by atomic mass is 9.68. The minimum absolute atomic E-state index is 0.107. The number of pyridine rings is 1. The van der Waals surface area contributed by atoms with Crippen LogP contribution >= 0.6 is 0 Å². The van der Waals surface area contributed by atoms with Crippen LogP contribution in [0.3, 0.4) is 0 Å². The number of benzene rings is 1. The molecule has 0 bridgehead atoms. The van der Waals surface area contributed by atoms with Crippen LogP contribution in [0.1, 0.15) is 49.2 Å². The van der Waals surface area contributed by atoms with Crippen LogP contribution in [0.5, 0.6) is 5.75 Å². The van der Waals surface area contributed by atoms with Crippen molar-refractivity contribution >= 4 is 5.78 Å². The molecule has 1 aliphatic rings. The first-order chi connectivity index (χ1) is 11.4. The number of carbonyl (C=O) groups is 1. The number of aryl methyl sites for hydroxylation is 1. The van der Waals surface area contributed by atoms with Crippen LogP contribution in [-0.2, 0) is 6.42 Å². The maximum absolute atomic E-state index is 13.5. The van der Waals surface area contributed by atoms with Gasteiger partial charge in [-0.15, -0.1) is 0 Å². The molecular formula is C19H19F2NO2. The molecule has 3 nitrogen and oxygen atoms in total. The largest absolute Gasteiger partial charge is 0.503 e. The lowest BCUT2D eigenvalue weighted by Crippen LogP contribution is -2.35.